The molecule has 0 aliphatic rings. The van der Waals surface area contributed by atoms with Gasteiger partial charge in [0.05, 0.1) is 11.3 Å². The van der Waals surface area contributed by atoms with Crippen LogP contribution in [0.4, 0.5) is 14.9 Å². The van der Waals surface area contributed by atoms with Crippen LogP contribution < -0.4 is 5.32 Å². The van der Waals surface area contributed by atoms with Gasteiger partial charge in [0.1, 0.15) is 18.5 Å². The first-order chi connectivity index (χ1) is 9.70. The second-order valence-electron chi connectivity index (χ2n) is 3.96. The number of halogens is 1. The highest BCUT2D eigenvalue weighted by atomic mass is 19.1. The maximum atomic E-state index is 13.5. The molecule has 0 spiro atoms. The van der Waals surface area contributed by atoms with Crippen molar-refractivity contribution >= 4 is 11.8 Å². The number of nitrogens with zero attached hydrogens (tertiary/aromatic N) is 1. The van der Waals surface area contributed by atoms with Crippen molar-refractivity contribution in [3.8, 4) is 6.07 Å². The Bertz CT molecular complexity index is 651. The van der Waals surface area contributed by atoms with E-state index in [0.717, 1.165) is 11.6 Å². The van der Waals surface area contributed by atoms with Crippen LogP contribution in [-0.4, -0.2) is 6.09 Å². The minimum Gasteiger partial charge on any atom is -0.444 e. The van der Waals surface area contributed by atoms with E-state index in [2.05, 4.69) is 5.32 Å². The number of amides is 1. The van der Waals surface area contributed by atoms with Crippen LogP contribution in [0, 0.1) is 17.1 Å². The fourth-order valence-electron chi connectivity index (χ4n) is 1.61. The Hall–Kier alpha value is -2.87. The van der Waals surface area contributed by atoms with E-state index >= 15 is 0 Å². The fraction of sp³-hybridized carbons (Fsp3) is 0.0667. The minimum absolute atomic E-state index is 0.0432. The van der Waals surface area contributed by atoms with Gasteiger partial charge in [-0.25, -0.2) is 9.18 Å². The lowest BCUT2D eigenvalue weighted by Crippen LogP contribution is -2.15. The van der Waals surface area contributed by atoms with Crippen LogP contribution in [0.5, 0.6) is 0 Å². The zero-order chi connectivity index (χ0) is 14.4. The molecule has 4 nitrogen and oxygen atoms in total. The van der Waals surface area contributed by atoms with Crippen molar-refractivity contribution in [3.63, 3.8) is 0 Å². The molecular weight excluding hydrogens is 259 g/mol. The molecular formula is C15H11FN2O2. The summed E-state index contributed by atoms with van der Waals surface area (Å²) in [5.74, 6) is -0.680. The van der Waals surface area contributed by atoms with Gasteiger partial charge in [-0.3, -0.25) is 5.32 Å². The van der Waals surface area contributed by atoms with Crippen LogP contribution in [0.15, 0.2) is 48.5 Å². The Morgan fingerprint density at radius 1 is 1.20 bits per heavy atom. The summed E-state index contributed by atoms with van der Waals surface area (Å²) in [4.78, 5) is 11.6. The van der Waals surface area contributed by atoms with Crippen molar-refractivity contribution < 1.29 is 13.9 Å². The molecule has 0 atom stereocenters. The average Bonchev–Trinajstić information content (AvgIpc) is 2.48. The molecule has 0 bridgehead atoms. The molecule has 0 aliphatic heterocycles. The SMILES string of the molecule is N#Cc1cccc(F)c1NC(=O)OCc1ccccc1. The summed E-state index contributed by atoms with van der Waals surface area (Å²) >= 11 is 0. The van der Waals surface area contributed by atoms with Gasteiger partial charge >= 0.3 is 6.09 Å². The number of para-hydroxylation sites is 1. The van der Waals surface area contributed by atoms with Crippen molar-refractivity contribution in [2.75, 3.05) is 5.32 Å². The lowest BCUT2D eigenvalue weighted by atomic mass is 10.2. The maximum absolute atomic E-state index is 13.5. The van der Waals surface area contributed by atoms with Crippen molar-refractivity contribution in [1.29, 1.82) is 5.26 Å². The smallest absolute Gasteiger partial charge is 0.412 e. The van der Waals surface area contributed by atoms with Crippen molar-refractivity contribution in [2.45, 2.75) is 6.61 Å². The molecule has 2 rings (SSSR count). The Balaban J connectivity index is 2.01. The Labute approximate surface area is 115 Å². The number of nitriles is 1. The van der Waals surface area contributed by atoms with Crippen LogP contribution in [-0.2, 0) is 11.3 Å². The van der Waals surface area contributed by atoms with Crippen LogP contribution in [0.2, 0.25) is 0 Å². The van der Waals surface area contributed by atoms with Crippen LogP contribution in [0.1, 0.15) is 11.1 Å². The highest BCUT2D eigenvalue weighted by Gasteiger charge is 2.12. The molecule has 5 heteroatoms. The molecule has 0 heterocycles. The Morgan fingerprint density at radius 2 is 1.95 bits per heavy atom. The number of ether oxygens (including phenoxy) is 1. The molecule has 0 saturated heterocycles. The molecule has 2 aromatic carbocycles. The first-order valence-electron chi connectivity index (χ1n) is 5.87. The third-order valence-corrected chi connectivity index (χ3v) is 2.57. The summed E-state index contributed by atoms with van der Waals surface area (Å²) in [6, 6.07) is 14.9. The van der Waals surface area contributed by atoms with Gasteiger partial charge in [0.25, 0.3) is 0 Å². The summed E-state index contributed by atoms with van der Waals surface area (Å²) < 4.78 is 18.5. The first-order valence-corrected chi connectivity index (χ1v) is 5.87. The average molecular weight is 270 g/mol. The van der Waals surface area contributed by atoms with E-state index < -0.39 is 11.9 Å². The van der Waals surface area contributed by atoms with E-state index in [0.29, 0.717) is 0 Å². The van der Waals surface area contributed by atoms with Gasteiger partial charge in [0.2, 0.25) is 0 Å². The van der Waals surface area contributed by atoms with Gasteiger partial charge in [-0.2, -0.15) is 5.26 Å². The number of benzene rings is 2. The number of carbonyl (C=O) groups is 1. The van der Waals surface area contributed by atoms with E-state index in [1.54, 1.807) is 18.2 Å². The van der Waals surface area contributed by atoms with Gasteiger partial charge in [0.15, 0.2) is 0 Å². The number of nitrogens with one attached hydrogen (secondary N) is 1. The molecule has 1 amide bonds. The Kier molecular flexibility index (Phi) is 4.30. The topological polar surface area (TPSA) is 62.1 Å². The van der Waals surface area contributed by atoms with Gasteiger partial charge in [-0.1, -0.05) is 36.4 Å². The van der Waals surface area contributed by atoms with E-state index in [4.69, 9.17) is 10.00 Å². The highest BCUT2D eigenvalue weighted by molar-refractivity contribution is 5.86. The van der Waals surface area contributed by atoms with Crippen molar-refractivity contribution in [1.82, 2.24) is 0 Å². The number of rotatable bonds is 3. The van der Waals surface area contributed by atoms with Crippen LogP contribution >= 0.6 is 0 Å². The van der Waals surface area contributed by atoms with E-state index in [9.17, 15) is 9.18 Å². The first kappa shape index (κ1) is 13.6. The lowest BCUT2D eigenvalue weighted by Gasteiger charge is -2.09. The second-order valence-corrected chi connectivity index (χ2v) is 3.96. The van der Waals surface area contributed by atoms with Crippen molar-refractivity contribution in [3.05, 3.63) is 65.5 Å². The molecule has 0 aliphatic carbocycles. The summed E-state index contributed by atoms with van der Waals surface area (Å²) in [5, 5.41) is 11.1. The van der Waals surface area contributed by atoms with Gasteiger partial charge in [-0.15, -0.1) is 0 Å². The monoisotopic (exact) mass is 270 g/mol. The fourth-order valence-corrected chi connectivity index (χ4v) is 1.61. The molecule has 0 saturated carbocycles. The molecule has 0 radical (unpaired) electrons. The number of hydrogen-bond donors (Lipinski definition) is 1. The molecule has 0 fully saturated rings. The molecule has 100 valence electrons. The quantitative estimate of drug-likeness (QED) is 0.929. The third kappa shape index (κ3) is 3.33. The van der Waals surface area contributed by atoms with E-state index in [1.165, 1.54) is 12.1 Å². The predicted octanol–water partition coefficient (Wildman–Crippen LogP) is 3.45. The van der Waals surface area contributed by atoms with Crippen LogP contribution in [0.3, 0.4) is 0 Å². The second kappa shape index (κ2) is 6.34. The molecule has 2 aromatic rings. The minimum atomic E-state index is -0.810. The Morgan fingerprint density at radius 3 is 2.65 bits per heavy atom. The van der Waals surface area contributed by atoms with Gasteiger partial charge in [-0.05, 0) is 17.7 Å². The van der Waals surface area contributed by atoms with Gasteiger partial charge < -0.3 is 4.74 Å². The zero-order valence-electron chi connectivity index (χ0n) is 10.5. The van der Waals surface area contributed by atoms with E-state index in [1.807, 2.05) is 18.2 Å². The number of anilines is 1. The summed E-state index contributed by atoms with van der Waals surface area (Å²) in [5.41, 5.74) is 0.686. The lowest BCUT2D eigenvalue weighted by molar-refractivity contribution is 0.155. The molecule has 20 heavy (non-hydrogen) atoms. The van der Waals surface area contributed by atoms with E-state index in [-0.39, 0.29) is 17.9 Å². The molecule has 0 aromatic heterocycles. The largest absolute Gasteiger partial charge is 0.444 e. The predicted molar refractivity (Wildman–Crippen MR) is 71.4 cm³/mol. The summed E-state index contributed by atoms with van der Waals surface area (Å²) in [7, 11) is 0. The third-order valence-electron chi connectivity index (χ3n) is 2.57. The van der Waals surface area contributed by atoms with Gasteiger partial charge in [0, 0.05) is 0 Å². The zero-order valence-corrected chi connectivity index (χ0v) is 10.5. The maximum Gasteiger partial charge on any atom is 0.412 e. The molecule has 1 N–H and O–H groups in total. The number of hydrogen-bond acceptors (Lipinski definition) is 3. The molecule has 0 unspecified atom stereocenters. The number of carbonyl (C=O) groups excluding carboxylic acids is 1. The highest BCUT2D eigenvalue weighted by Crippen LogP contribution is 2.19. The van der Waals surface area contributed by atoms with Crippen molar-refractivity contribution in [2.24, 2.45) is 0 Å². The normalized spacial score (nSPS) is 9.60. The summed E-state index contributed by atoms with van der Waals surface area (Å²) in [6.07, 6.45) is -0.810. The standard InChI is InChI=1S/C15H11FN2O2/c16-13-8-4-7-12(9-17)14(13)18-15(19)20-10-11-5-2-1-3-6-11/h1-8H,10H2,(H,18,19). The van der Waals surface area contributed by atoms with Crippen LogP contribution in [0.25, 0.3) is 0 Å². The summed E-state index contributed by atoms with van der Waals surface area (Å²) in [6.45, 7) is 0.0724.